The first-order chi connectivity index (χ1) is 14.1. The van der Waals surface area contributed by atoms with Gasteiger partial charge >= 0.3 is 5.69 Å². The molecule has 156 valence electrons. The summed E-state index contributed by atoms with van der Waals surface area (Å²) in [5.74, 6) is -0.801. The summed E-state index contributed by atoms with van der Waals surface area (Å²) in [5.41, 5.74) is -1.54. The van der Waals surface area contributed by atoms with Gasteiger partial charge in [-0.25, -0.2) is 13.2 Å². The maximum atomic E-state index is 12.7. The van der Waals surface area contributed by atoms with E-state index in [9.17, 15) is 23.1 Å². The van der Waals surface area contributed by atoms with Crippen molar-refractivity contribution in [2.75, 3.05) is 4.72 Å². The van der Waals surface area contributed by atoms with Gasteiger partial charge in [-0.2, -0.15) is 0 Å². The number of aromatic nitrogens is 2. The molecule has 30 heavy (non-hydrogen) atoms. The fourth-order valence-corrected chi connectivity index (χ4v) is 3.68. The minimum atomic E-state index is -4.02. The Morgan fingerprint density at radius 1 is 1.00 bits per heavy atom. The van der Waals surface area contributed by atoms with Gasteiger partial charge in [0.1, 0.15) is 5.69 Å². The van der Waals surface area contributed by atoms with Crippen molar-refractivity contribution < 1.29 is 13.5 Å². The molecule has 0 aliphatic rings. The first-order valence-corrected chi connectivity index (χ1v) is 10.4. The summed E-state index contributed by atoms with van der Waals surface area (Å²) in [6, 6.07) is 8.35. The van der Waals surface area contributed by atoms with E-state index in [-0.39, 0.29) is 21.3 Å². The van der Waals surface area contributed by atoms with E-state index in [2.05, 4.69) is 15.0 Å². The van der Waals surface area contributed by atoms with Gasteiger partial charge in [-0.05, 0) is 42.8 Å². The molecule has 0 spiro atoms. The topological polar surface area (TPSA) is 157 Å². The fourth-order valence-electron chi connectivity index (χ4n) is 2.27. The smallest absolute Gasteiger partial charge is 0.328 e. The van der Waals surface area contributed by atoms with Gasteiger partial charge in [0.05, 0.1) is 15.6 Å². The number of aromatic hydroxyl groups is 1. The lowest BCUT2D eigenvalue weighted by atomic mass is 10.2. The number of nitrogens with one attached hydrogen (secondary N) is 3. The molecule has 13 heteroatoms. The molecule has 0 fully saturated rings. The number of nitrogens with zero attached hydrogens (tertiary/aromatic N) is 2. The number of sulfonamides is 1. The fraction of sp³-hybridized carbons (Fsp3) is 0.0588. The molecule has 0 saturated heterocycles. The Labute approximate surface area is 179 Å². The third kappa shape index (κ3) is 4.70. The van der Waals surface area contributed by atoms with Crippen LogP contribution in [0.25, 0.3) is 0 Å². The maximum Gasteiger partial charge on any atom is 0.328 e. The summed E-state index contributed by atoms with van der Waals surface area (Å²) in [6.07, 6.45) is 0. The molecule has 0 amide bonds. The lowest BCUT2D eigenvalue weighted by Gasteiger charge is -2.10. The van der Waals surface area contributed by atoms with Crippen LogP contribution in [0.2, 0.25) is 10.0 Å². The molecular formula is C17H13Cl2N5O5S. The van der Waals surface area contributed by atoms with Crippen molar-refractivity contribution in [1.82, 2.24) is 9.97 Å². The molecule has 0 saturated carbocycles. The van der Waals surface area contributed by atoms with Gasteiger partial charge in [0.15, 0.2) is 0 Å². The molecule has 0 aliphatic carbocycles. The van der Waals surface area contributed by atoms with Crippen molar-refractivity contribution in [3.63, 3.8) is 0 Å². The van der Waals surface area contributed by atoms with E-state index in [1.807, 2.05) is 9.97 Å². The maximum absolute atomic E-state index is 12.7. The van der Waals surface area contributed by atoms with Crippen LogP contribution < -0.4 is 16.0 Å². The summed E-state index contributed by atoms with van der Waals surface area (Å²) in [4.78, 5) is 26.4. The van der Waals surface area contributed by atoms with E-state index in [0.29, 0.717) is 5.02 Å². The number of anilines is 1. The van der Waals surface area contributed by atoms with Crippen LogP contribution in [0, 0.1) is 6.92 Å². The zero-order valence-electron chi connectivity index (χ0n) is 15.1. The number of halogens is 2. The number of aryl methyl sites for hydroxylation is 1. The molecule has 0 unspecified atom stereocenters. The van der Waals surface area contributed by atoms with Gasteiger partial charge in [-0.15, -0.1) is 10.2 Å². The van der Waals surface area contributed by atoms with E-state index in [1.165, 1.54) is 18.2 Å². The van der Waals surface area contributed by atoms with Crippen molar-refractivity contribution >= 4 is 50.3 Å². The molecule has 1 aromatic heterocycles. The lowest BCUT2D eigenvalue weighted by Crippen LogP contribution is -2.20. The Balaban J connectivity index is 1.95. The van der Waals surface area contributed by atoms with E-state index < -0.39 is 32.8 Å². The average Bonchev–Trinajstić information content (AvgIpc) is 2.65. The Hall–Kier alpha value is -3.15. The van der Waals surface area contributed by atoms with Gasteiger partial charge in [0.25, 0.3) is 15.6 Å². The zero-order chi connectivity index (χ0) is 22.1. The molecule has 0 aliphatic heterocycles. The Morgan fingerprint density at radius 2 is 1.73 bits per heavy atom. The van der Waals surface area contributed by atoms with E-state index in [1.54, 1.807) is 19.1 Å². The third-order valence-corrected chi connectivity index (χ3v) is 5.91. The minimum Gasteiger partial charge on any atom is -0.493 e. The molecule has 2 aromatic carbocycles. The first-order valence-electron chi connectivity index (χ1n) is 8.12. The van der Waals surface area contributed by atoms with Crippen LogP contribution >= 0.6 is 23.2 Å². The van der Waals surface area contributed by atoms with Gasteiger partial charge in [-0.3, -0.25) is 19.5 Å². The molecule has 10 nitrogen and oxygen atoms in total. The standard InChI is InChI=1S/C17H13Cl2N5O5S/c1-8-2-3-9(6-12(8)19)24-30(28,29)10-4-5-11(18)13(7-10)22-23-14-15(25)20-17(27)21-16(14)26/h2-7,24H,1H3,(H3,20,21,25,26,27). The van der Waals surface area contributed by atoms with Gasteiger partial charge in [0, 0.05) is 5.02 Å². The highest BCUT2D eigenvalue weighted by molar-refractivity contribution is 7.92. The van der Waals surface area contributed by atoms with Crippen LogP contribution in [0.1, 0.15) is 5.56 Å². The second-order valence-corrected chi connectivity index (χ2v) is 8.48. The predicted molar refractivity (Wildman–Crippen MR) is 112 cm³/mol. The van der Waals surface area contributed by atoms with E-state index in [0.717, 1.165) is 11.6 Å². The summed E-state index contributed by atoms with van der Waals surface area (Å²) in [6.45, 7) is 1.78. The SMILES string of the molecule is Cc1ccc(NS(=O)(=O)c2ccc(Cl)c(N=Nc3c(O)[nH]c(=O)[nH]c3=O)c2)cc1Cl. The quantitative estimate of drug-likeness (QED) is 0.419. The number of rotatable bonds is 5. The first kappa shape index (κ1) is 21.6. The molecule has 3 rings (SSSR count). The Morgan fingerprint density at radius 3 is 2.40 bits per heavy atom. The number of hydrogen-bond donors (Lipinski definition) is 4. The number of azo groups is 1. The van der Waals surface area contributed by atoms with Crippen molar-refractivity contribution in [2.24, 2.45) is 10.2 Å². The van der Waals surface area contributed by atoms with Crippen LogP contribution in [0.4, 0.5) is 17.1 Å². The molecule has 3 aromatic rings. The molecule has 1 heterocycles. The normalized spacial score (nSPS) is 11.7. The van der Waals surface area contributed by atoms with Crippen LogP contribution in [0.3, 0.4) is 0 Å². The lowest BCUT2D eigenvalue weighted by molar-refractivity contribution is 0.450. The van der Waals surface area contributed by atoms with E-state index >= 15 is 0 Å². The predicted octanol–water partition coefficient (Wildman–Crippen LogP) is 3.60. The summed E-state index contributed by atoms with van der Waals surface area (Å²) < 4.78 is 27.7. The Bertz CT molecular complexity index is 1380. The summed E-state index contributed by atoms with van der Waals surface area (Å²) >= 11 is 12.0. The van der Waals surface area contributed by atoms with Crippen molar-refractivity contribution in [3.8, 4) is 5.88 Å². The molecular weight excluding hydrogens is 457 g/mol. The van der Waals surface area contributed by atoms with Gasteiger partial charge in [-0.1, -0.05) is 29.3 Å². The minimum absolute atomic E-state index is 0.0384. The van der Waals surface area contributed by atoms with E-state index in [4.69, 9.17) is 23.2 Å². The van der Waals surface area contributed by atoms with Crippen molar-refractivity contribution in [1.29, 1.82) is 0 Å². The largest absolute Gasteiger partial charge is 0.493 e. The number of H-pyrrole nitrogens is 2. The van der Waals surface area contributed by atoms with Crippen molar-refractivity contribution in [2.45, 2.75) is 11.8 Å². The average molecular weight is 470 g/mol. The summed E-state index contributed by atoms with van der Waals surface area (Å²) in [7, 11) is -4.02. The zero-order valence-corrected chi connectivity index (χ0v) is 17.4. The van der Waals surface area contributed by atoms with Crippen LogP contribution in [0.5, 0.6) is 5.88 Å². The molecule has 0 radical (unpaired) electrons. The van der Waals surface area contributed by atoms with Crippen LogP contribution in [-0.4, -0.2) is 23.5 Å². The summed E-state index contributed by atoms with van der Waals surface area (Å²) in [5, 5.41) is 17.3. The number of hydrogen-bond acceptors (Lipinski definition) is 7. The van der Waals surface area contributed by atoms with Gasteiger partial charge in [0.2, 0.25) is 11.6 Å². The highest BCUT2D eigenvalue weighted by atomic mass is 35.5. The van der Waals surface area contributed by atoms with Crippen LogP contribution in [0.15, 0.2) is 61.1 Å². The molecule has 0 atom stereocenters. The monoisotopic (exact) mass is 469 g/mol. The number of aromatic amines is 2. The van der Waals surface area contributed by atoms with Crippen molar-refractivity contribution in [3.05, 3.63) is 72.8 Å². The highest BCUT2D eigenvalue weighted by Crippen LogP contribution is 2.31. The third-order valence-electron chi connectivity index (χ3n) is 3.81. The highest BCUT2D eigenvalue weighted by Gasteiger charge is 2.17. The Kier molecular flexibility index (Phi) is 5.97. The molecule has 4 N–H and O–H groups in total. The number of benzene rings is 2. The second-order valence-electron chi connectivity index (χ2n) is 5.99. The second kappa shape index (κ2) is 8.30. The van der Waals surface area contributed by atoms with Gasteiger partial charge < -0.3 is 5.11 Å². The van der Waals surface area contributed by atoms with Crippen LogP contribution in [-0.2, 0) is 10.0 Å². The molecule has 0 bridgehead atoms.